The molecular weight excluding hydrogens is 406 g/mol. The average molecular weight is 431 g/mol. The van der Waals surface area contributed by atoms with Crippen LogP contribution in [0.2, 0.25) is 0 Å². The van der Waals surface area contributed by atoms with Crippen molar-refractivity contribution in [2.24, 2.45) is 5.10 Å². The number of amides is 1. The van der Waals surface area contributed by atoms with E-state index in [1.165, 1.54) is 0 Å². The van der Waals surface area contributed by atoms with E-state index < -0.39 is 6.10 Å². The molecule has 8 nitrogen and oxygen atoms in total. The molecule has 3 heterocycles. The number of ether oxygens (including phenoxy) is 2. The van der Waals surface area contributed by atoms with Gasteiger partial charge >= 0.3 is 0 Å². The Morgan fingerprint density at radius 2 is 1.81 bits per heavy atom. The van der Waals surface area contributed by atoms with Crippen LogP contribution in [-0.2, 0) is 4.79 Å². The number of aryl methyl sites for hydroxylation is 1. The first-order valence-corrected chi connectivity index (χ1v) is 10.8. The van der Waals surface area contributed by atoms with Crippen LogP contribution in [0.15, 0.2) is 59.7 Å². The number of hydrogen-bond acceptors (Lipinski definition) is 6. The van der Waals surface area contributed by atoms with E-state index in [2.05, 4.69) is 15.4 Å². The summed E-state index contributed by atoms with van der Waals surface area (Å²) in [7, 11) is 0. The Morgan fingerprint density at radius 3 is 2.59 bits per heavy atom. The number of hydrazone groups is 1. The van der Waals surface area contributed by atoms with Gasteiger partial charge in [-0.05, 0) is 44.0 Å². The van der Waals surface area contributed by atoms with E-state index in [9.17, 15) is 4.79 Å². The van der Waals surface area contributed by atoms with E-state index in [1.807, 2.05) is 60.1 Å². The molecule has 8 heteroatoms. The second kappa shape index (κ2) is 8.74. The highest BCUT2D eigenvalue weighted by Crippen LogP contribution is 2.31. The summed E-state index contributed by atoms with van der Waals surface area (Å²) in [5.41, 5.74) is 5.33. The summed E-state index contributed by atoms with van der Waals surface area (Å²) in [6.45, 7) is 4.04. The van der Waals surface area contributed by atoms with Crippen molar-refractivity contribution in [1.29, 1.82) is 0 Å². The number of aromatic nitrogens is 2. The summed E-state index contributed by atoms with van der Waals surface area (Å²) in [5.74, 6) is 1.83. The van der Waals surface area contributed by atoms with Gasteiger partial charge in [0.1, 0.15) is 12.4 Å². The molecule has 2 aliphatic heterocycles. The standard InChI is InChI=1S/C24H25N5O3/c1-17-19(15-25-26-23(30)22-16-31-20-11-5-6-12-21(20)32-22)24(28-13-7-8-14-28)29(27-17)18-9-3-2-4-10-18/h2-6,9-12,15,22H,7-8,13-14,16H2,1H3,(H,26,30)/b25-15+. The zero-order valence-electron chi connectivity index (χ0n) is 17.9. The van der Waals surface area contributed by atoms with Gasteiger partial charge < -0.3 is 14.4 Å². The maximum atomic E-state index is 12.6. The molecule has 164 valence electrons. The average Bonchev–Trinajstić information content (AvgIpc) is 3.47. The Hall–Kier alpha value is -3.81. The lowest BCUT2D eigenvalue weighted by molar-refractivity contribution is -0.130. The number of fused-ring (bicyclic) bond motifs is 1. The van der Waals surface area contributed by atoms with Crippen molar-refractivity contribution in [3.8, 4) is 17.2 Å². The molecule has 2 aliphatic rings. The van der Waals surface area contributed by atoms with Crippen molar-refractivity contribution in [3.63, 3.8) is 0 Å². The van der Waals surface area contributed by atoms with Gasteiger partial charge in [0.15, 0.2) is 11.5 Å². The van der Waals surface area contributed by atoms with Gasteiger partial charge in [0.25, 0.3) is 5.91 Å². The Bertz CT molecular complexity index is 1140. The summed E-state index contributed by atoms with van der Waals surface area (Å²) in [5, 5.41) is 9.00. The van der Waals surface area contributed by atoms with Crippen LogP contribution < -0.4 is 19.8 Å². The molecule has 1 fully saturated rings. The van der Waals surface area contributed by atoms with Crippen LogP contribution in [0.1, 0.15) is 24.1 Å². The van der Waals surface area contributed by atoms with E-state index in [-0.39, 0.29) is 12.5 Å². The molecule has 1 unspecified atom stereocenters. The number of benzene rings is 2. The lowest BCUT2D eigenvalue weighted by Gasteiger charge is -2.24. The molecule has 5 rings (SSSR count). The molecule has 0 spiro atoms. The van der Waals surface area contributed by atoms with Crippen LogP contribution in [-0.4, -0.2) is 47.7 Å². The Morgan fingerprint density at radius 1 is 1.09 bits per heavy atom. The van der Waals surface area contributed by atoms with Crippen molar-refractivity contribution in [2.45, 2.75) is 25.9 Å². The first-order valence-electron chi connectivity index (χ1n) is 10.8. The Labute approximate surface area is 186 Å². The summed E-state index contributed by atoms with van der Waals surface area (Å²) in [6, 6.07) is 17.4. The van der Waals surface area contributed by atoms with Gasteiger partial charge in [-0.25, -0.2) is 10.1 Å². The van der Waals surface area contributed by atoms with Crippen molar-refractivity contribution in [3.05, 3.63) is 65.9 Å². The molecule has 32 heavy (non-hydrogen) atoms. The number of hydrogen-bond donors (Lipinski definition) is 1. The van der Waals surface area contributed by atoms with Gasteiger partial charge in [-0.2, -0.15) is 10.2 Å². The molecular formula is C24H25N5O3. The largest absolute Gasteiger partial charge is 0.485 e. The second-order valence-electron chi connectivity index (χ2n) is 7.86. The molecule has 2 aromatic carbocycles. The highest BCUT2D eigenvalue weighted by Gasteiger charge is 2.27. The number of nitrogens with one attached hydrogen (secondary N) is 1. The van der Waals surface area contributed by atoms with Crippen LogP contribution in [0, 0.1) is 6.92 Å². The van der Waals surface area contributed by atoms with Crippen LogP contribution in [0.5, 0.6) is 11.5 Å². The van der Waals surface area contributed by atoms with Gasteiger partial charge in [-0.15, -0.1) is 0 Å². The lowest BCUT2D eigenvalue weighted by atomic mass is 10.2. The number of carbonyl (C=O) groups excluding carboxylic acids is 1. The van der Waals surface area contributed by atoms with E-state index in [0.29, 0.717) is 11.5 Å². The fourth-order valence-corrected chi connectivity index (χ4v) is 4.04. The first-order chi connectivity index (χ1) is 15.7. The fourth-order valence-electron chi connectivity index (χ4n) is 4.04. The van der Waals surface area contributed by atoms with Gasteiger partial charge in [0, 0.05) is 13.1 Å². The molecule has 1 saturated heterocycles. The summed E-state index contributed by atoms with van der Waals surface area (Å²) >= 11 is 0. The Kier molecular flexibility index (Phi) is 5.49. The van der Waals surface area contributed by atoms with Crippen LogP contribution in [0.4, 0.5) is 5.82 Å². The zero-order chi connectivity index (χ0) is 21.9. The van der Waals surface area contributed by atoms with Crippen LogP contribution >= 0.6 is 0 Å². The lowest BCUT2D eigenvalue weighted by Crippen LogP contribution is -2.42. The van der Waals surface area contributed by atoms with E-state index in [4.69, 9.17) is 14.6 Å². The van der Waals surface area contributed by atoms with E-state index >= 15 is 0 Å². The molecule has 1 N–H and O–H groups in total. The molecule has 0 saturated carbocycles. The summed E-state index contributed by atoms with van der Waals surface area (Å²) in [6.07, 6.45) is 3.21. The van der Waals surface area contributed by atoms with E-state index in [0.717, 1.165) is 48.7 Å². The molecule has 1 atom stereocenters. The third-order valence-corrected chi connectivity index (χ3v) is 5.66. The minimum Gasteiger partial charge on any atom is -0.485 e. The topological polar surface area (TPSA) is 81.0 Å². The molecule has 0 bridgehead atoms. The molecule has 1 aromatic heterocycles. The highest BCUT2D eigenvalue weighted by molar-refractivity contribution is 5.90. The molecule has 0 aliphatic carbocycles. The second-order valence-corrected chi connectivity index (χ2v) is 7.86. The monoisotopic (exact) mass is 431 g/mol. The maximum absolute atomic E-state index is 12.6. The van der Waals surface area contributed by atoms with E-state index in [1.54, 1.807) is 12.3 Å². The third-order valence-electron chi connectivity index (χ3n) is 5.66. The van der Waals surface area contributed by atoms with Crippen molar-refractivity contribution < 1.29 is 14.3 Å². The number of nitrogens with zero attached hydrogens (tertiary/aromatic N) is 4. The quantitative estimate of drug-likeness (QED) is 0.496. The third kappa shape index (κ3) is 3.91. The highest BCUT2D eigenvalue weighted by atomic mass is 16.6. The minimum absolute atomic E-state index is 0.141. The summed E-state index contributed by atoms with van der Waals surface area (Å²) < 4.78 is 13.3. The van der Waals surface area contributed by atoms with Crippen molar-refractivity contribution in [1.82, 2.24) is 15.2 Å². The first kappa shape index (κ1) is 20.1. The van der Waals surface area contributed by atoms with Crippen LogP contribution in [0.3, 0.4) is 0 Å². The van der Waals surface area contributed by atoms with Gasteiger partial charge in [-0.1, -0.05) is 30.3 Å². The van der Waals surface area contributed by atoms with Crippen molar-refractivity contribution >= 4 is 17.9 Å². The number of anilines is 1. The minimum atomic E-state index is -0.756. The number of carbonyl (C=O) groups is 1. The number of rotatable bonds is 5. The smallest absolute Gasteiger partial charge is 0.284 e. The molecule has 0 radical (unpaired) electrons. The van der Waals surface area contributed by atoms with Crippen LogP contribution in [0.25, 0.3) is 5.69 Å². The summed E-state index contributed by atoms with van der Waals surface area (Å²) in [4.78, 5) is 14.9. The predicted molar refractivity (Wildman–Crippen MR) is 122 cm³/mol. The van der Waals surface area contributed by atoms with Crippen molar-refractivity contribution in [2.75, 3.05) is 24.6 Å². The van der Waals surface area contributed by atoms with Gasteiger partial charge in [-0.3, -0.25) is 4.79 Å². The van der Waals surface area contributed by atoms with Gasteiger partial charge in [0.2, 0.25) is 6.10 Å². The van der Waals surface area contributed by atoms with Gasteiger partial charge in [0.05, 0.1) is 23.2 Å². The SMILES string of the molecule is Cc1nn(-c2ccccc2)c(N2CCCC2)c1/C=N/NC(=O)C1COc2ccccc2O1. The zero-order valence-corrected chi connectivity index (χ0v) is 17.9. The number of para-hydroxylation sites is 3. The predicted octanol–water partition coefficient (Wildman–Crippen LogP) is 3.07. The maximum Gasteiger partial charge on any atom is 0.284 e. The Balaban J connectivity index is 1.36. The molecule has 3 aromatic rings. The normalized spacial score (nSPS) is 17.7. The fraction of sp³-hybridized carbons (Fsp3) is 0.292. The molecule has 1 amide bonds.